The smallest absolute Gasteiger partial charge is 0.242 e. The normalized spacial score (nSPS) is 11.0. The second-order valence-corrected chi connectivity index (χ2v) is 7.44. The number of ether oxygens (including phenoxy) is 1. The number of hydrogen-bond acceptors (Lipinski definition) is 5. The van der Waals surface area contributed by atoms with Crippen LogP contribution in [0.25, 0.3) is 0 Å². The summed E-state index contributed by atoms with van der Waals surface area (Å²) in [5.41, 5.74) is 2.11. The minimum absolute atomic E-state index is 0. The number of aromatic nitrogens is 1. The highest BCUT2D eigenvalue weighted by molar-refractivity contribution is 14.0. The Morgan fingerprint density at radius 3 is 2.48 bits per heavy atom. The van der Waals surface area contributed by atoms with Crippen molar-refractivity contribution in [1.82, 2.24) is 20.9 Å². The Bertz CT molecular complexity index is 777. The number of methoxy groups -OCH3 is 1. The molecule has 1 amide bonds. The van der Waals surface area contributed by atoms with Crippen LogP contribution in [0.15, 0.2) is 34.6 Å². The van der Waals surface area contributed by atoms with Gasteiger partial charge in [-0.25, -0.2) is 9.98 Å². The Hall–Kier alpha value is -1.88. The first-order valence-electron chi connectivity index (χ1n) is 9.38. The first kappa shape index (κ1) is 25.2. The zero-order valence-corrected chi connectivity index (χ0v) is 20.5. The van der Waals surface area contributed by atoms with Gasteiger partial charge >= 0.3 is 0 Å². The van der Waals surface area contributed by atoms with Crippen LogP contribution in [0.4, 0.5) is 0 Å². The number of guanidine groups is 1. The maximum Gasteiger partial charge on any atom is 0.242 e. The minimum Gasteiger partial charge on any atom is -0.497 e. The van der Waals surface area contributed by atoms with E-state index in [1.165, 1.54) is 0 Å². The summed E-state index contributed by atoms with van der Waals surface area (Å²) in [5, 5.41) is 12.3. The third-order valence-electron chi connectivity index (χ3n) is 3.94. The molecule has 2 aromatic rings. The number of carbonyl (C=O) groups is 1. The molecule has 0 unspecified atom stereocenters. The Kier molecular flexibility index (Phi) is 11.6. The monoisotopic (exact) mass is 531 g/mol. The number of rotatable bonds is 9. The number of thiazole rings is 1. The molecule has 0 saturated heterocycles. The maximum atomic E-state index is 12.1. The van der Waals surface area contributed by atoms with Crippen molar-refractivity contribution in [1.29, 1.82) is 0 Å². The zero-order valence-electron chi connectivity index (χ0n) is 17.3. The molecular formula is C20H30IN5O2S. The van der Waals surface area contributed by atoms with Crippen LogP contribution >= 0.6 is 35.3 Å². The van der Waals surface area contributed by atoms with E-state index in [0.29, 0.717) is 31.5 Å². The summed E-state index contributed by atoms with van der Waals surface area (Å²) < 4.78 is 5.13. The Balaban J connectivity index is 0.00000420. The van der Waals surface area contributed by atoms with Gasteiger partial charge in [-0.2, -0.15) is 0 Å². The highest BCUT2D eigenvalue weighted by atomic mass is 127. The Morgan fingerprint density at radius 1 is 1.17 bits per heavy atom. The van der Waals surface area contributed by atoms with Crippen LogP contribution in [0, 0.1) is 0 Å². The van der Waals surface area contributed by atoms with Gasteiger partial charge in [0.25, 0.3) is 0 Å². The zero-order chi connectivity index (χ0) is 20.4. The largest absolute Gasteiger partial charge is 0.497 e. The van der Waals surface area contributed by atoms with E-state index in [-0.39, 0.29) is 36.4 Å². The van der Waals surface area contributed by atoms with Gasteiger partial charge in [0, 0.05) is 18.5 Å². The molecule has 0 aliphatic rings. The fourth-order valence-corrected chi connectivity index (χ4v) is 3.22. The molecular weight excluding hydrogens is 501 g/mol. The fraction of sp³-hybridized carbons (Fsp3) is 0.450. The van der Waals surface area contributed by atoms with E-state index in [9.17, 15) is 4.79 Å². The number of nitrogens with one attached hydrogen (secondary N) is 3. The summed E-state index contributed by atoms with van der Waals surface area (Å²) >= 11 is 1.63. The number of halogens is 1. The van der Waals surface area contributed by atoms with Crippen molar-refractivity contribution in [3.63, 3.8) is 0 Å². The standard InChI is InChI=1S/C20H29N5O2S.HI/c1-5-21-20(24-12-19-25-17(13-28-19)14(2)3)23-11-18(26)22-10-15-6-8-16(27-4)9-7-15;/h6-9,13-14H,5,10-12H2,1-4H3,(H,22,26)(H2,21,23,24);1H. The highest BCUT2D eigenvalue weighted by Crippen LogP contribution is 2.17. The van der Waals surface area contributed by atoms with Crippen molar-refractivity contribution in [3.8, 4) is 5.75 Å². The summed E-state index contributed by atoms with van der Waals surface area (Å²) in [7, 11) is 1.63. The summed E-state index contributed by atoms with van der Waals surface area (Å²) in [6.07, 6.45) is 0. The molecule has 9 heteroatoms. The molecule has 0 saturated carbocycles. The Labute approximate surface area is 193 Å². The lowest BCUT2D eigenvalue weighted by molar-refractivity contribution is -0.119. The topological polar surface area (TPSA) is 87.6 Å². The second-order valence-electron chi connectivity index (χ2n) is 6.49. The Morgan fingerprint density at radius 2 is 1.90 bits per heavy atom. The quantitative estimate of drug-likeness (QED) is 0.263. The number of hydrogen-bond donors (Lipinski definition) is 3. The lowest BCUT2D eigenvalue weighted by Crippen LogP contribution is -2.38. The van der Waals surface area contributed by atoms with E-state index >= 15 is 0 Å². The van der Waals surface area contributed by atoms with Crippen molar-refractivity contribution in [2.45, 2.75) is 39.8 Å². The van der Waals surface area contributed by atoms with Gasteiger partial charge in [0.15, 0.2) is 5.96 Å². The molecule has 0 bridgehead atoms. The van der Waals surface area contributed by atoms with Gasteiger partial charge in [-0.3, -0.25) is 4.79 Å². The molecule has 29 heavy (non-hydrogen) atoms. The molecule has 0 fully saturated rings. The summed E-state index contributed by atoms with van der Waals surface area (Å²) in [6.45, 7) is 8.05. The van der Waals surface area contributed by atoms with Crippen LogP contribution < -0.4 is 20.7 Å². The number of benzene rings is 1. The number of carbonyl (C=O) groups excluding carboxylic acids is 1. The van der Waals surface area contributed by atoms with Crippen LogP contribution in [0.5, 0.6) is 5.75 Å². The van der Waals surface area contributed by atoms with E-state index in [1.807, 2.05) is 31.2 Å². The molecule has 0 atom stereocenters. The lowest BCUT2D eigenvalue weighted by Gasteiger charge is -2.10. The van der Waals surface area contributed by atoms with E-state index in [1.54, 1.807) is 18.4 Å². The molecule has 2 rings (SSSR count). The molecule has 0 aliphatic heterocycles. The molecule has 1 heterocycles. The van der Waals surface area contributed by atoms with Crippen molar-refractivity contribution in [2.75, 3.05) is 20.2 Å². The van der Waals surface area contributed by atoms with Crippen LogP contribution in [-0.4, -0.2) is 37.1 Å². The SMILES string of the molecule is CCNC(=NCC(=O)NCc1ccc(OC)cc1)NCc1nc(C(C)C)cs1.I. The average Bonchev–Trinajstić information content (AvgIpc) is 3.18. The molecule has 160 valence electrons. The van der Waals surface area contributed by atoms with Crippen molar-refractivity contribution in [2.24, 2.45) is 4.99 Å². The first-order valence-corrected chi connectivity index (χ1v) is 10.3. The van der Waals surface area contributed by atoms with Gasteiger partial charge in [0.2, 0.25) is 5.91 Å². The van der Waals surface area contributed by atoms with Crippen molar-refractivity contribution >= 4 is 47.2 Å². The molecule has 1 aromatic carbocycles. The molecule has 7 nitrogen and oxygen atoms in total. The summed E-state index contributed by atoms with van der Waals surface area (Å²) in [5.74, 6) is 1.68. The summed E-state index contributed by atoms with van der Waals surface area (Å²) in [4.78, 5) is 21.0. The van der Waals surface area contributed by atoms with Crippen LogP contribution in [-0.2, 0) is 17.9 Å². The van der Waals surface area contributed by atoms with Crippen LogP contribution in [0.3, 0.4) is 0 Å². The predicted molar refractivity (Wildman–Crippen MR) is 129 cm³/mol. The highest BCUT2D eigenvalue weighted by Gasteiger charge is 2.07. The van der Waals surface area contributed by atoms with E-state index in [2.05, 4.69) is 45.2 Å². The summed E-state index contributed by atoms with van der Waals surface area (Å²) in [6, 6.07) is 7.59. The number of aliphatic imine (C=N–C) groups is 1. The average molecular weight is 531 g/mol. The maximum absolute atomic E-state index is 12.1. The van der Waals surface area contributed by atoms with E-state index < -0.39 is 0 Å². The van der Waals surface area contributed by atoms with Crippen LogP contribution in [0.2, 0.25) is 0 Å². The molecule has 0 radical (unpaired) electrons. The van der Waals surface area contributed by atoms with Gasteiger partial charge in [0.05, 0.1) is 19.3 Å². The van der Waals surface area contributed by atoms with Crippen LogP contribution in [0.1, 0.15) is 43.0 Å². The van der Waals surface area contributed by atoms with Crippen molar-refractivity contribution < 1.29 is 9.53 Å². The third kappa shape index (κ3) is 8.99. The number of nitrogens with zero attached hydrogens (tertiary/aromatic N) is 2. The minimum atomic E-state index is -0.135. The molecule has 3 N–H and O–H groups in total. The van der Waals surface area contributed by atoms with Gasteiger partial charge in [-0.15, -0.1) is 35.3 Å². The molecule has 0 aliphatic carbocycles. The van der Waals surface area contributed by atoms with Gasteiger partial charge < -0.3 is 20.7 Å². The first-order chi connectivity index (χ1) is 13.5. The van der Waals surface area contributed by atoms with E-state index in [0.717, 1.165) is 22.0 Å². The fourth-order valence-electron chi connectivity index (χ4n) is 2.32. The van der Waals surface area contributed by atoms with Gasteiger partial charge in [0.1, 0.15) is 17.3 Å². The third-order valence-corrected chi connectivity index (χ3v) is 4.81. The number of amides is 1. The predicted octanol–water partition coefficient (Wildman–Crippen LogP) is 3.26. The van der Waals surface area contributed by atoms with Crippen molar-refractivity contribution in [3.05, 3.63) is 45.9 Å². The van der Waals surface area contributed by atoms with E-state index in [4.69, 9.17) is 4.74 Å². The van der Waals surface area contributed by atoms with Gasteiger partial charge in [-0.1, -0.05) is 26.0 Å². The second kappa shape index (κ2) is 13.4. The molecule has 1 aromatic heterocycles. The lowest BCUT2D eigenvalue weighted by atomic mass is 10.2. The molecule has 0 spiro atoms. The van der Waals surface area contributed by atoms with Gasteiger partial charge in [-0.05, 0) is 30.5 Å².